The monoisotopic (exact) mass is 392 g/mol. The quantitative estimate of drug-likeness (QED) is 0.717. The van der Waals surface area contributed by atoms with Crippen molar-refractivity contribution in [2.75, 3.05) is 25.9 Å². The zero-order chi connectivity index (χ0) is 19.7. The van der Waals surface area contributed by atoms with Gasteiger partial charge in [-0.2, -0.15) is 0 Å². The molecule has 0 aliphatic carbocycles. The van der Waals surface area contributed by atoms with Gasteiger partial charge in [-0.3, -0.25) is 10.2 Å². The Labute approximate surface area is 160 Å². The largest absolute Gasteiger partial charge is 0.491 e. The fourth-order valence-electron chi connectivity index (χ4n) is 2.74. The Kier molecular flexibility index (Phi) is 5.18. The van der Waals surface area contributed by atoms with E-state index in [0.29, 0.717) is 11.3 Å². The number of nitrogens with one attached hydrogen (secondary N) is 1. The minimum absolute atomic E-state index is 0.0392. The number of anilines is 1. The van der Waals surface area contributed by atoms with E-state index in [4.69, 9.17) is 32.2 Å². The Morgan fingerprint density at radius 1 is 1.44 bits per heavy atom. The Bertz CT molecular complexity index is 922. The van der Waals surface area contributed by atoms with E-state index < -0.39 is 17.8 Å². The first-order valence-electron chi connectivity index (χ1n) is 8.16. The second-order valence-corrected chi connectivity index (χ2v) is 6.47. The SMILES string of the molecule is CC1Oc2cnc(N)c(c2)C(=N)C(=O)N(C)CCOc2ccc(F)c(Cl)c21. The van der Waals surface area contributed by atoms with Gasteiger partial charge in [0.15, 0.2) is 0 Å². The lowest BCUT2D eigenvalue weighted by Gasteiger charge is -2.21. The summed E-state index contributed by atoms with van der Waals surface area (Å²) < 4.78 is 25.5. The van der Waals surface area contributed by atoms with Crippen molar-refractivity contribution in [1.82, 2.24) is 9.88 Å². The Morgan fingerprint density at radius 2 is 2.19 bits per heavy atom. The number of pyridine rings is 1. The van der Waals surface area contributed by atoms with Crippen molar-refractivity contribution in [1.29, 1.82) is 5.41 Å². The predicted octanol–water partition coefficient (Wildman–Crippen LogP) is 2.81. The summed E-state index contributed by atoms with van der Waals surface area (Å²) in [6, 6.07) is 4.13. The van der Waals surface area contributed by atoms with E-state index in [-0.39, 0.29) is 41.0 Å². The molecule has 7 nitrogen and oxygen atoms in total. The average molecular weight is 393 g/mol. The number of halogens is 2. The van der Waals surface area contributed by atoms with E-state index >= 15 is 0 Å². The molecule has 142 valence electrons. The van der Waals surface area contributed by atoms with Gasteiger partial charge in [-0.05, 0) is 25.1 Å². The fraction of sp³-hybridized carbons (Fsp3) is 0.278. The number of nitrogens with zero attached hydrogens (tertiary/aromatic N) is 2. The van der Waals surface area contributed by atoms with Crippen molar-refractivity contribution < 1.29 is 18.7 Å². The van der Waals surface area contributed by atoms with Crippen molar-refractivity contribution in [3.05, 3.63) is 46.4 Å². The van der Waals surface area contributed by atoms with Gasteiger partial charge in [-0.15, -0.1) is 0 Å². The summed E-state index contributed by atoms with van der Waals surface area (Å²) >= 11 is 6.15. The first-order valence-corrected chi connectivity index (χ1v) is 8.54. The fourth-order valence-corrected chi connectivity index (χ4v) is 3.05. The number of fused-ring (bicyclic) bond motifs is 3. The number of nitrogens with two attached hydrogens (primary N) is 1. The lowest BCUT2D eigenvalue weighted by Crippen LogP contribution is -2.36. The second-order valence-electron chi connectivity index (χ2n) is 6.09. The molecule has 1 atom stereocenters. The van der Waals surface area contributed by atoms with Crippen LogP contribution in [0.4, 0.5) is 10.2 Å². The molecule has 3 N–H and O–H groups in total. The summed E-state index contributed by atoms with van der Waals surface area (Å²) in [5.74, 6) is -0.472. The predicted molar refractivity (Wildman–Crippen MR) is 99.1 cm³/mol. The number of hydrogen-bond acceptors (Lipinski definition) is 6. The van der Waals surface area contributed by atoms with Gasteiger partial charge in [-0.1, -0.05) is 11.6 Å². The van der Waals surface area contributed by atoms with Crippen LogP contribution in [0.3, 0.4) is 0 Å². The molecule has 1 unspecified atom stereocenters. The molecule has 1 aromatic carbocycles. The number of benzene rings is 1. The zero-order valence-corrected chi connectivity index (χ0v) is 15.5. The maximum Gasteiger partial charge on any atom is 0.272 e. The molecule has 1 aliphatic rings. The lowest BCUT2D eigenvalue weighted by molar-refractivity contribution is -0.123. The van der Waals surface area contributed by atoms with Crippen LogP contribution in [0.5, 0.6) is 11.5 Å². The molecule has 9 heteroatoms. The van der Waals surface area contributed by atoms with Gasteiger partial charge in [0.1, 0.15) is 41.6 Å². The van der Waals surface area contributed by atoms with Crippen LogP contribution in [-0.4, -0.2) is 41.7 Å². The number of carbonyl (C=O) groups is 1. The molecular formula is C18H18ClFN4O3. The molecule has 1 amide bonds. The van der Waals surface area contributed by atoms with Gasteiger partial charge in [0.05, 0.1) is 28.9 Å². The molecule has 0 radical (unpaired) electrons. The maximum absolute atomic E-state index is 14.0. The van der Waals surface area contributed by atoms with Crippen LogP contribution in [0.25, 0.3) is 0 Å². The number of carbonyl (C=O) groups excluding carboxylic acids is 1. The highest BCUT2D eigenvalue weighted by atomic mass is 35.5. The molecule has 2 bridgehead atoms. The number of likely N-dealkylation sites (N-methyl/N-ethyl adjacent to an activating group) is 1. The van der Waals surface area contributed by atoms with Crippen LogP contribution in [0.1, 0.15) is 24.2 Å². The molecule has 0 fully saturated rings. The van der Waals surface area contributed by atoms with Crippen molar-refractivity contribution in [2.24, 2.45) is 0 Å². The van der Waals surface area contributed by atoms with E-state index in [2.05, 4.69) is 4.98 Å². The molecule has 0 saturated heterocycles. The minimum atomic E-state index is -0.676. The average Bonchev–Trinajstić information content (AvgIpc) is 2.64. The van der Waals surface area contributed by atoms with Crippen LogP contribution in [0, 0.1) is 11.2 Å². The summed E-state index contributed by atoms with van der Waals surface area (Å²) in [4.78, 5) is 17.8. The first kappa shape index (κ1) is 18.9. The van der Waals surface area contributed by atoms with Gasteiger partial charge >= 0.3 is 0 Å². The number of ether oxygens (including phenoxy) is 2. The molecule has 0 saturated carbocycles. The Morgan fingerprint density at radius 3 is 2.93 bits per heavy atom. The molecular weight excluding hydrogens is 375 g/mol. The van der Waals surface area contributed by atoms with E-state index in [1.165, 1.54) is 29.3 Å². The van der Waals surface area contributed by atoms with E-state index in [1.807, 2.05) is 0 Å². The lowest BCUT2D eigenvalue weighted by atomic mass is 10.1. The van der Waals surface area contributed by atoms with E-state index in [9.17, 15) is 9.18 Å². The molecule has 2 aromatic rings. The smallest absolute Gasteiger partial charge is 0.272 e. The molecule has 1 aliphatic heterocycles. The topological polar surface area (TPSA) is 102 Å². The van der Waals surface area contributed by atoms with Crippen LogP contribution < -0.4 is 15.2 Å². The number of amides is 1. The Hall–Kier alpha value is -2.87. The highest BCUT2D eigenvalue weighted by Gasteiger charge is 2.24. The van der Waals surface area contributed by atoms with Crippen LogP contribution in [0.15, 0.2) is 24.4 Å². The molecule has 3 rings (SSSR count). The Balaban J connectivity index is 2.11. The highest BCUT2D eigenvalue weighted by molar-refractivity contribution is 6.44. The van der Waals surface area contributed by atoms with Crippen LogP contribution in [-0.2, 0) is 4.79 Å². The van der Waals surface area contributed by atoms with E-state index in [0.717, 1.165) is 0 Å². The third-order valence-corrected chi connectivity index (χ3v) is 4.60. The van der Waals surface area contributed by atoms with Crippen molar-refractivity contribution in [3.8, 4) is 11.5 Å². The highest BCUT2D eigenvalue weighted by Crippen LogP contribution is 2.37. The van der Waals surface area contributed by atoms with Crippen molar-refractivity contribution in [3.63, 3.8) is 0 Å². The van der Waals surface area contributed by atoms with Crippen molar-refractivity contribution >= 4 is 29.0 Å². The normalized spacial score (nSPS) is 17.8. The van der Waals surface area contributed by atoms with Gasteiger partial charge in [0.2, 0.25) is 0 Å². The summed E-state index contributed by atoms with van der Waals surface area (Å²) in [7, 11) is 1.55. The van der Waals surface area contributed by atoms with Crippen LogP contribution >= 0.6 is 11.6 Å². The van der Waals surface area contributed by atoms with Crippen molar-refractivity contribution in [2.45, 2.75) is 13.0 Å². The number of nitrogen functional groups attached to an aromatic ring is 1. The standard InChI is InChI=1S/C18H18ClFN4O3/c1-9-14-13(4-3-12(20)15(14)19)26-6-5-24(2)18(25)16(21)11-7-10(27-9)8-23-17(11)22/h3-4,7-9,21H,5-6H2,1-2H3,(H2,22,23). The summed E-state index contributed by atoms with van der Waals surface area (Å²) in [6.07, 6.45) is 0.689. The minimum Gasteiger partial charge on any atom is -0.491 e. The number of hydrogen-bond donors (Lipinski definition) is 2. The maximum atomic E-state index is 14.0. The van der Waals surface area contributed by atoms with E-state index in [1.54, 1.807) is 14.0 Å². The van der Waals surface area contributed by atoms with Crippen LogP contribution in [0.2, 0.25) is 5.02 Å². The molecule has 1 aromatic heterocycles. The zero-order valence-electron chi connectivity index (χ0n) is 14.8. The molecule has 2 heterocycles. The molecule has 0 spiro atoms. The third kappa shape index (κ3) is 3.66. The second kappa shape index (κ2) is 7.40. The first-order chi connectivity index (χ1) is 12.8. The van der Waals surface area contributed by atoms with Gasteiger partial charge in [0.25, 0.3) is 5.91 Å². The summed E-state index contributed by atoms with van der Waals surface area (Å²) in [6.45, 7) is 2.02. The van der Waals surface area contributed by atoms with Gasteiger partial charge in [-0.25, -0.2) is 9.37 Å². The summed E-state index contributed by atoms with van der Waals surface area (Å²) in [5, 5.41) is 8.05. The number of rotatable bonds is 0. The number of aromatic nitrogens is 1. The molecule has 27 heavy (non-hydrogen) atoms. The third-order valence-electron chi connectivity index (χ3n) is 4.22. The summed E-state index contributed by atoms with van der Waals surface area (Å²) in [5.41, 5.74) is 6.02. The van der Waals surface area contributed by atoms with Gasteiger partial charge < -0.3 is 20.1 Å². The van der Waals surface area contributed by atoms with Gasteiger partial charge in [0, 0.05) is 7.05 Å².